The zero-order valence-electron chi connectivity index (χ0n) is 16.4. The van der Waals surface area contributed by atoms with Gasteiger partial charge in [-0.25, -0.2) is 17.7 Å². The summed E-state index contributed by atoms with van der Waals surface area (Å²) in [4.78, 5) is 10.8. The molecule has 2 N–H and O–H groups in total. The van der Waals surface area contributed by atoms with Gasteiger partial charge in [-0.1, -0.05) is 22.9 Å². The number of benzene rings is 2. The molecule has 1 aromatic heterocycles. The Morgan fingerprint density at radius 1 is 1.19 bits per heavy atom. The van der Waals surface area contributed by atoms with E-state index in [-0.39, 0.29) is 5.82 Å². The van der Waals surface area contributed by atoms with E-state index in [1.54, 1.807) is 25.1 Å². The predicted octanol–water partition coefficient (Wildman–Crippen LogP) is 4.72. The highest BCUT2D eigenvalue weighted by molar-refractivity contribution is 7.83. The molecule has 4 rings (SSSR count). The third-order valence-electron chi connectivity index (χ3n) is 4.31. The Hall–Kier alpha value is -2.27. The molecule has 0 saturated heterocycles. The van der Waals surface area contributed by atoms with E-state index in [1.807, 2.05) is 0 Å². The Kier molecular flexibility index (Phi) is 8.19. The molecular weight excluding hydrogens is 466 g/mol. The van der Waals surface area contributed by atoms with Crippen molar-refractivity contribution >= 4 is 45.5 Å². The smallest absolute Gasteiger partial charge is 0.213 e. The van der Waals surface area contributed by atoms with Gasteiger partial charge in [0.05, 0.1) is 4.90 Å². The number of anilines is 1. The van der Waals surface area contributed by atoms with E-state index < -0.39 is 16.8 Å². The van der Waals surface area contributed by atoms with Crippen LogP contribution in [0.5, 0.6) is 0 Å². The number of nitrogens with one attached hydrogen (secondary N) is 2. The van der Waals surface area contributed by atoms with Crippen molar-refractivity contribution in [1.82, 2.24) is 14.9 Å². The van der Waals surface area contributed by atoms with Gasteiger partial charge in [-0.2, -0.15) is 0 Å². The second-order valence-electron chi connectivity index (χ2n) is 6.77. The molecule has 1 saturated carbocycles. The number of aryl methyl sites for hydroxylation is 1. The van der Waals surface area contributed by atoms with Gasteiger partial charge in [0, 0.05) is 17.1 Å². The molecule has 6 nitrogen and oxygen atoms in total. The van der Waals surface area contributed by atoms with E-state index in [0.29, 0.717) is 43.5 Å². The number of halogens is 3. The average Bonchev–Trinajstić information content (AvgIpc) is 3.46. The molecule has 0 spiro atoms. The summed E-state index contributed by atoms with van der Waals surface area (Å²) in [6, 6.07) is 8.84. The summed E-state index contributed by atoms with van der Waals surface area (Å²) in [7, 11) is -1.20. The van der Waals surface area contributed by atoms with Crippen LogP contribution in [0.25, 0.3) is 10.6 Å². The maximum atomic E-state index is 13.5. The fourth-order valence-electron chi connectivity index (χ4n) is 2.44. The van der Waals surface area contributed by atoms with Gasteiger partial charge in [0.1, 0.15) is 22.6 Å². The predicted molar refractivity (Wildman–Crippen MR) is 118 cm³/mol. The molecule has 1 unspecified atom stereocenters. The maximum absolute atomic E-state index is 13.5. The van der Waals surface area contributed by atoms with Crippen LogP contribution >= 0.6 is 22.9 Å². The Bertz CT molecular complexity index is 1090. The summed E-state index contributed by atoms with van der Waals surface area (Å²) < 4.78 is 41.1. The zero-order chi connectivity index (χ0) is 22.4. The topological polar surface area (TPSA) is 84.0 Å². The number of hydrogen-bond acceptors (Lipinski definition) is 5. The lowest BCUT2D eigenvalue weighted by Gasteiger charge is -2.04. The van der Waals surface area contributed by atoms with E-state index >= 15 is 0 Å². The number of carbonyl (C=O) groups excluding carboxylic acids is 1. The molecule has 2 aromatic carbocycles. The molecule has 0 bridgehead atoms. The van der Waals surface area contributed by atoms with Crippen LogP contribution in [0.4, 0.5) is 13.9 Å². The lowest BCUT2D eigenvalue weighted by atomic mass is 10.2. The fraction of sp³-hybridized carbons (Fsp3) is 0.250. The summed E-state index contributed by atoms with van der Waals surface area (Å²) in [5, 5.41) is 10.8. The third-order valence-corrected chi connectivity index (χ3v) is 6.55. The monoisotopic (exact) mass is 484 g/mol. The van der Waals surface area contributed by atoms with Crippen LogP contribution in [0, 0.1) is 24.5 Å². The molecule has 1 amide bonds. The van der Waals surface area contributed by atoms with E-state index in [2.05, 4.69) is 20.2 Å². The summed E-state index contributed by atoms with van der Waals surface area (Å²) >= 11 is 6.71. The van der Waals surface area contributed by atoms with Crippen LogP contribution in [0.2, 0.25) is 5.02 Å². The molecule has 3 aromatic rings. The fourth-order valence-corrected chi connectivity index (χ4v) is 4.35. The second-order valence-corrected chi connectivity index (χ2v) is 9.48. The standard InChI is InChI=1S/C11H14FNOS.C9H5ClFN3OS/c1-8-6-10(4-5-11(8)12)15(14)13-7-9-2-3-9;10-5-1-2-6(7(11)3-5)8-13-14-9(16-8)12-4-15/h4-6,9,13H,2-3,7H2,1H3;1-4H,(H,12,14,15). The summed E-state index contributed by atoms with van der Waals surface area (Å²) in [5.74, 6) is -0.0326. The highest BCUT2D eigenvalue weighted by Crippen LogP contribution is 2.29. The molecule has 1 atom stereocenters. The van der Waals surface area contributed by atoms with Crippen molar-refractivity contribution in [3.05, 3.63) is 58.6 Å². The Morgan fingerprint density at radius 2 is 1.97 bits per heavy atom. The number of aromatic nitrogens is 2. The van der Waals surface area contributed by atoms with Crippen molar-refractivity contribution in [2.45, 2.75) is 24.7 Å². The number of hydrogen-bond donors (Lipinski definition) is 2. The summed E-state index contributed by atoms with van der Waals surface area (Å²) in [6.45, 7) is 2.47. The minimum atomic E-state index is -1.20. The molecule has 0 aliphatic heterocycles. The SMILES string of the molecule is Cc1cc(S(=O)NCC2CC2)ccc1F.O=CNc1nnc(-c2ccc(Cl)cc2F)s1. The van der Waals surface area contributed by atoms with Crippen LogP contribution in [-0.4, -0.2) is 27.4 Å². The minimum absolute atomic E-state index is 0.252. The Balaban J connectivity index is 0.000000176. The molecule has 31 heavy (non-hydrogen) atoms. The first-order valence-electron chi connectivity index (χ1n) is 9.28. The van der Waals surface area contributed by atoms with Crippen molar-refractivity contribution < 1.29 is 17.8 Å². The first kappa shape index (κ1) is 23.4. The summed E-state index contributed by atoms with van der Waals surface area (Å²) in [5.41, 5.74) is 0.843. The molecule has 0 radical (unpaired) electrons. The van der Waals surface area contributed by atoms with Crippen molar-refractivity contribution in [2.24, 2.45) is 5.92 Å². The quantitative estimate of drug-likeness (QED) is 0.475. The lowest BCUT2D eigenvalue weighted by molar-refractivity contribution is -0.105. The van der Waals surface area contributed by atoms with Crippen LogP contribution in [0.1, 0.15) is 18.4 Å². The van der Waals surface area contributed by atoms with Crippen molar-refractivity contribution in [3.8, 4) is 10.6 Å². The molecule has 1 fully saturated rings. The van der Waals surface area contributed by atoms with Gasteiger partial charge in [0.15, 0.2) is 5.01 Å². The zero-order valence-corrected chi connectivity index (χ0v) is 18.8. The van der Waals surface area contributed by atoms with Gasteiger partial charge in [-0.15, -0.1) is 10.2 Å². The highest BCUT2D eigenvalue weighted by Gasteiger charge is 2.21. The van der Waals surface area contributed by atoms with E-state index in [4.69, 9.17) is 11.6 Å². The maximum Gasteiger partial charge on any atom is 0.213 e. The van der Waals surface area contributed by atoms with Gasteiger partial charge in [-0.3, -0.25) is 4.79 Å². The van der Waals surface area contributed by atoms with Gasteiger partial charge in [-0.05, 0) is 67.6 Å². The molecule has 11 heteroatoms. The Morgan fingerprint density at radius 3 is 2.61 bits per heavy atom. The van der Waals surface area contributed by atoms with Gasteiger partial charge in [0.2, 0.25) is 11.5 Å². The summed E-state index contributed by atoms with van der Waals surface area (Å²) in [6.07, 6.45) is 2.95. The van der Waals surface area contributed by atoms with Gasteiger partial charge in [0.25, 0.3) is 0 Å². The van der Waals surface area contributed by atoms with Crippen molar-refractivity contribution in [3.63, 3.8) is 0 Å². The van der Waals surface area contributed by atoms with Crippen LogP contribution in [0.15, 0.2) is 41.3 Å². The third kappa shape index (κ3) is 6.86. The molecule has 1 aliphatic carbocycles. The van der Waals surface area contributed by atoms with E-state index in [9.17, 15) is 17.8 Å². The Labute approximate surface area is 189 Å². The van der Waals surface area contributed by atoms with Crippen molar-refractivity contribution in [1.29, 1.82) is 0 Å². The number of amides is 1. The van der Waals surface area contributed by atoms with Crippen LogP contribution in [-0.2, 0) is 15.8 Å². The minimum Gasteiger partial charge on any atom is -0.303 e. The molecule has 164 valence electrons. The highest BCUT2D eigenvalue weighted by atomic mass is 35.5. The number of nitrogens with zero attached hydrogens (tertiary/aromatic N) is 2. The number of rotatable bonds is 7. The molecular formula is C20H19ClF2N4O2S2. The first-order chi connectivity index (χ1) is 14.9. The van der Waals surface area contributed by atoms with Gasteiger partial charge >= 0.3 is 0 Å². The molecule has 1 heterocycles. The lowest BCUT2D eigenvalue weighted by Crippen LogP contribution is -2.19. The first-order valence-corrected chi connectivity index (χ1v) is 11.6. The van der Waals surface area contributed by atoms with Gasteiger partial charge < -0.3 is 5.32 Å². The largest absolute Gasteiger partial charge is 0.303 e. The van der Waals surface area contributed by atoms with E-state index in [0.717, 1.165) is 17.9 Å². The second kappa shape index (κ2) is 10.9. The normalized spacial score (nSPS) is 13.8. The molecule has 1 aliphatic rings. The van der Waals surface area contributed by atoms with Crippen molar-refractivity contribution in [2.75, 3.05) is 11.9 Å². The van der Waals surface area contributed by atoms with Crippen LogP contribution in [0.3, 0.4) is 0 Å². The van der Waals surface area contributed by atoms with E-state index in [1.165, 1.54) is 31.0 Å². The number of carbonyl (C=O) groups is 1. The average molecular weight is 485 g/mol. The van der Waals surface area contributed by atoms with Crippen LogP contribution < -0.4 is 10.0 Å².